The van der Waals surface area contributed by atoms with Crippen molar-refractivity contribution in [1.82, 2.24) is 9.97 Å². The van der Waals surface area contributed by atoms with Crippen molar-refractivity contribution in [1.29, 1.82) is 0 Å². The third-order valence-corrected chi connectivity index (χ3v) is 3.29. The van der Waals surface area contributed by atoms with Gasteiger partial charge in [-0.25, -0.2) is 9.97 Å². The maximum absolute atomic E-state index is 12.1. The molecule has 2 rings (SSSR count). The molecule has 0 bridgehead atoms. The van der Waals surface area contributed by atoms with Crippen molar-refractivity contribution < 1.29 is 9.53 Å². The van der Waals surface area contributed by atoms with Crippen LogP contribution in [0.25, 0.3) is 0 Å². The molecular weight excluding hydrogens is 348 g/mol. The number of halogens is 1. The minimum atomic E-state index is -0.295. The summed E-state index contributed by atoms with van der Waals surface area (Å²) in [6.07, 6.45) is 3.87. The maximum Gasteiger partial charge on any atom is 0.275 e. The van der Waals surface area contributed by atoms with Gasteiger partial charge in [-0.15, -0.1) is 0 Å². The summed E-state index contributed by atoms with van der Waals surface area (Å²) in [4.78, 5) is 20.4. The summed E-state index contributed by atoms with van der Waals surface area (Å²) in [6, 6.07) is 7.36. The summed E-state index contributed by atoms with van der Waals surface area (Å²) in [6.45, 7) is 1.43. The number of ether oxygens (including phenoxy) is 1. The summed E-state index contributed by atoms with van der Waals surface area (Å²) in [5, 5.41) is 5.88. The van der Waals surface area contributed by atoms with Gasteiger partial charge in [-0.1, -0.05) is 22.0 Å². The molecule has 6 nitrogen and oxygen atoms in total. The fourth-order valence-corrected chi connectivity index (χ4v) is 2.13. The van der Waals surface area contributed by atoms with E-state index in [2.05, 4.69) is 36.5 Å². The van der Waals surface area contributed by atoms with Crippen molar-refractivity contribution in [3.63, 3.8) is 0 Å². The summed E-state index contributed by atoms with van der Waals surface area (Å²) in [5.41, 5.74) is 0.963. The molecule has 22 heavy (non-hydrogen) atoms. The number of aromatic nitrogens is 2. The largest absolute Gasteiger partial charge is 0.385 e. The lowest BCUT2D eigenvalue weighted by molar-refractivity contribution is 0.102. The molecular formula is C15H17BrN4O2. The Morgan fingerprint density at radius 2 is 2.18 bits per heavy atom. The van der Waals surface area contributed by atoms with Crippen LogP contribution in [-0.2, 0) is 4.74 Å². The van der Waals surface area contributed by atoms with Crippen molar-refractivity contribution in [2.75, 3.05) is 30.9 Å². The summed E-state index contributed by atoms with van der Waals surface area (Å²) < 4.78 is 5.86. The number of hydrogen-bond donors (Lipinski definition) is 2. The Bertz CT molecular complexity index is 619. The zero-order valence-corrected chi connectivity index (χ0v) is 13.8. The van der Waals surface area contributed by atoms with E-state index in [9.17, 15) is 4.79 Å². The van der Waals surface area contributed by atoms with E-state index >= 15 is 0 Å². The van der Waals surface area contributed by atoms with Gasteiger partial charge in [0.25, 0.3) is 5.91 Å². The molecule has 1 heterocycles. The van der Waals surface area contributed by atoms with E-state index in [-0.39, 0.29) is 11.6 Å². The first-order chi connectivity index (χ1) is 10.7. The van der Waals surface area contributed by atoms with E-state index < -0.39 is 0 Å². The van der Waals surface area contributed by atoms with Gasteiger partial charge in [0.1, 0.15) is 11.5 Å². The van der Waals surface area contributed by atoms with Gasteiger partial charge >= 0.3 is 0 Å². The smallest absolute Gasteiger partial charge is 0.275 e. The highest BCUT2D eigenvalue weighted by molar-refractivity contribution is 9.10. The van der Waals surface area contributed by atoms with Crippen LogP contribution in [0.3, 0.4) is 0 Å². The molecule has 0 aliphatic rings. The SMILES string of the molecule is COCCCNc1cnc(C(=O)Nc2cccc(Br)c2)cn1. The van der Waals surface area contributed by atoms with Gasteiger partial charge < -0.3 is 15.4 Å². The predicted octanol–water partition coefficient (Wildman–Crippen LogP) is 2.94. The molecule has 0 spiro atoms. The second kappa shape index (κ2) is 8.45. The van der Waals surface area contributed by atoms with Crippen LogP contribution in [0.1, 0.15) is 16.9 Å². The predicted molar refractivity (Wildman–Crippen MR) is 89.1 cm³/mol. The maximum atomic E-state index is 12.1. The second-order valence-corrected chi connectivity index (χ2v) is 5.44. The van der Waals surface area contributed by atoms with Crippen molar-refractivity contribution >= 4 is 33.3 Å². The standard InChI is InChI=1S/C15H17BrN4O2/c1-22-7-3-6-17-14-10-18-13(9-19-14)15(21)20-12-5-2-4-11(16)8-12/h2,4-5,8-10H,3,6-7H2,1H3,(H,17,19)(H,20,21). The fraction of sp³-hybridized carbons (Fsp3) is 0.267. The fourth-order valence-electron chi connectivity index (χ4n) is 1.73. The van der Waals surface area contributed by atoms with Crippen molar-refractivity contribution in [2.24, 2.45) is 0 Å². The van der Waals surface area contributed by atoms with Crippen LogP contribution in [0, 0.1) is 0 Å². The Hall–Kier alpha value is -1.99. The van der Waals surface area contributed by atoms with Gasteiger partial charge in [-0.3, -0.25) is 4.79 Å². The quantitative estimate of drug-likeness (QED) is 0.738. The Balaban J connectivity index is 1.90. The van der Waals surface area contributed by atoms with E-state index in [0.29, 0.717) is 18.1 Å². The number of anilines is 2. The number of amides is 1. The summed E-state index contributed by atoms with van der Waals surface area (Å²) in [7, 11) is 1.67. The molecule has 0 unspecified atom stereocenters. The van der Waals surface area contributed by atoms with Crippen LogP contribution < -0.4 is 10.6 Å². The third kappa shape index (κ3) is 5.09. The number of benzene rings is 1. The van der Waals surface area contributed by atoms with E-state index in [1.54, 1.807) is 13.3 Å². The lowest BCUT2D eigenvalue weighted by Gasteiger charge is -2.07. The highest BCUT2D eigenvalue weighted by atomic mass is 79.9. The Morgan fingerprint density at radius 1 is 1.32 bits per heavy atom. The Labute approximate surface area is 137 Å². The van der Waals surface area contributed by atoms with Crippen molar-refractivity contribution in [3.8, 4) is 0 Å². The molecule has 1 aromatic carbocycles. The number of rotatable bonds is 7. The van der Waals surface area contributed by atoms with E-state index in [4.69, 9.17) is 4.74 Å². The van der Waals surface area contributed by atoms with Crippen LogP contribution in [0.5, 0.6) is 0 Å². The highest BCUT2D eigenvalue weighted by Crippen LogP contribution is 2.16. The van der Waals surface area contributed by atoms with Crippen molar-refractivity contribution in [3.05, 3.63) is 46.8 Å². The highest BCUT2D eigenvalue weighted by Gasteiger charge is 2.08. The topological polar surface area (TPSA) is 76.1 Å². The number of carbonyl (C=O) groups excluding carboxylic acids is 1. The normalized spacial score (nSPS) is 10.3. The number of carbonyl (C=O) groups is 1. The van der Waals surface area contributed by atoms with Crippen LogP contribution in [0.15, 0.2) is 41.1 Å². The minimum absolute atomic E-state index is 0.266. The zero-order chi connectivity index (χ0) is 15.8. The van der Waals surface area contributed by atoms with Crippen LogP contribution in [-0.4, -0.2) is 36.1 Å². The third-order valence-electron chi connectivity index (χ3n) is 2.80. The van der Waals surface area contributed by atoms with Crippen LogP contribution in [0.4, 0.5) is 11.5 Å². The summed E-state index contributed by atoms with van der Waals surface area (Å²) >= 11 is 3.36. The first-order valence-corrected chi connectivity index (χ1v) is 7.60. The average Bonchev–Trinajstić information content (AvgIpc) is 2.52. The number of nitrogens with zero attached hydrogens (tertiary/aromatic N) is 2. The first-order valence-electron chi connectivity index (χ1n) is 6.81. The number of methoxy groups -OCH3 is 1. The average molecular weight is 365 g/mol. The first kappa shape index (κ1) is 16.4. The number of nitrogens with one attached hydrogen (secondary N) is 2. The van der Waals surface area contributed by atoms with Gasteiger partial charge in [0.15, 0.2) is 0 Å². The van der Waals surface area contributed by atoms with E-state index in [1.807, 2.05) is 24.3 Å². The van der Waals surface area contributed by atoms with Crippen LogP contribution in [0.2, 0.25) is 0 Å². The van der Waals surface area contributed by atoms with Gasteiger partial charge in [-0.05, 0) is 24.6 Å². The van der Waals surface area contributed by atoms with E-state index in [0.717, 1.165) is 17.4 Å². The molecule has 0 radical (unpaired) electrons. The van der Waals surface area contributed by atoms with Crippen LogP contribution >= 0.6 is 15.9 Å². The molecule has 0 aliphatic heterocycles. The molecule has 1 aromatic heterocycles. The molecule has 0 atom stereocenters. The molecule has 0 aliphatic carbocycles. The molecule has 2 N–H and O–H groups in total. The Kier molecular flexibility index (Phi) is 6.29. The van der Waals surface area contributed by atoms with Crippen molar-refractivity contribution in [2.45, 2.75) is 6.42 Å². The molecule has 7 heteroatoms. The molecule has 1 amide bonds. The zero-order valence-electron chi connectivity index (χ0n) is 12.2. The summed E-state index contributed by atoms with van der Waals surface area (Å²) in [5.74, 6) is 0.339. The van der Waals surface area contributed by atoms with Gasteiger partial charge in [0, 0.05) is 30.4 Å². The molecule has 2 aromatic rings. The molecule has 0 saturated carbocycles. The van der Waals surface area contributed by atoms with Gasteiger partial charge in [0.05, 0.1) is 12.4 Å². The minimum Gasteiger partial charge on any atom is -0.385 e. The molecule has 0 saturated heterocycles. The van der Waals surface area contributed by atoms with E-state index in [1.165, 1.54) is 6.20 Å². The van der Waals surface area contributed by atoms with Gasteiger partial charge in [0.2, 0.25) is 0 Å². The molecule has 116 valence electrons. The lowest BCUT2D eigenvalue weighted by Crippen LogP contribution is -2.14. The second-order valence-electron chi connectivity index (χ2n) is 4.52. The molecule has 0 fully saturated rings. The lowest BCUT2D eigenvalue weighted by atomic mass is 10.3. The Morgan fingerprint density at radius 3 is 2.86 bits per heavy atom. The number of hydrogen-bond acceptors (Lipinski definition) is 5. The van der Waals surface area contributed by atoms with Gasteiger partial charge in [-0.2, -0.15) is 0 Å². The monoisotopic (exact) mass is 364 g/mol.